The molecule has 1 unspecified atom stereocenters. The summed E-state index contributed by atoms with van der Waals surface area (Å²) in [7, 11) is -3.75. The minimum Gasteiger partial charge on any atom is -0.393 e. The zero-order valence-electron chi connectivity index (χ0n) is 19.5. The average Bonchev–Trinajstić information content (AvgIpc) is 2.74. The number of benzene rings is 2. The van der Waals surface area contributed by atoms with Gasteiger partial charge in [0.2, 0.25) is 0 Å². The molecule has 1 heterocycles. The van der Waals surface area contributed by atoms with Crippen molar-refractivity contribution in [3.63, 3.8) is 0 Å². The molecule has 6 nitrogen and oxygen atoms in total. The summed E-state index contributed by atoms with van der Waals surface area (Å²) in [4.78, 5) is 2.35. The van der Waals surface area contributed by atoms with Crippen molar-refractivity contribution in [1.82, 2.24) is 4.90 Å². The SMILES string of the molecule is Cc1ccc(N(CC(C)C)S(=O)(=O)c2ccc(C(O)CN3CCC(O)CC3)cc2)c(C)c1. The van der Waals surface area contributed by atoms with Crippen molar-refractivity contribution < 1.29 is 18.6 Å². The number of aliphatic hydroxyl groups is 2. The van der Waals surface area contributed by atoms with Gasteiger partial charge in [-0.1, -0.05) is 43.7 Å². The molecular weight excluding hydrogens is 424 g/mol. The number of piperidine rings is 1. The van der Waals surface area contributed by atoms with Crippen LogP contribution in [0.25, 0.3) is 0 Å². The van der Waals surface area contributed by atoms with E-state index in [4.69, 9.17) is 0 Å². The molecule has 0 aromatic heterocycles. The van der Waals surface area contributed by atoms with Crippen LogP contribution in [0.1, 0.15) is 49.5 Å². The quantitative estimate of drug-likeness (QED) is 0.629. The molecule has 7 heteroatoms. The number of hydrogen-bond donors (Lipinski definition) is 2. The lowest BCUT2D eigenvalue weighted by molar-refractivity contribution is 0.0508. The molecule has 176 valence electrons. The van der Waals surface area contributed by atoms with Crippen LogP contribution in [0.3, 0.4) is 0 Å². The Balaban J connectivity index is 1.81. The predicted molar refractivity (Wildman–Crippen MR) is 128 cm³/mol. The van der Waals surface area contributed by atoms with E-state index in [1.807, 2.05) is 45.9 Å². The van der Waals surface area contributed by atoms with Crippen LogP contribution >= 0.6 is 0 Å². The van der Waals surface area contributed by atoms with Crippen molar-refractivity contribution >= 4 is 15.7 Å². The Morgan fingerprint density at radius 1 is 1.06 bits per heavy atom. The van der Waals surface area contributed by atoms with Crippen molar-refractivity contribution in [3.05, 3.63) is 59.2 Å². The third kappa shape index (κ3) is 5.90. The molecule has 2 aromatic carbocycles. The standard InChI is InChI=1S/C25H36N2O4S/c1-18(2)16-27(24-10-5-19(3)15-20(24)4)32(30,31)23-8-6-21(7-9-23)25(29)17-26-13-11-22(28)12-14-26/h5-10,15,18,22,25,28-29H,11-14,16-17H2,1-4H3. The maximum atomic E-state index is 13.6. The molecule has 0 amide bonds. The zero-order valence-corrected chi connectivity index (χ0v) is 20.3. The number of anilines is 1. The average molecular weight is 461 g/mol. The number of β-amino-alcohol motifs (C(OH)–C–C–N with tert-alkyl or cyclic N) is 1. The topological polar surface area (TPSA) is 81.1 Å². The molecule has 1 aliphatic rings. The van der Waals surface area contributed by atoms with Crippen molar-refractivity contribution in [3.8, 4) is 0 Å². The van der Waals surface area contributed by atoms with E-state index in [0.717, 1.165) is 24.2 Å². The van der Waals surface area contributed by atoms with Crippen LogP contribution < -0.4 is 4.31 Å². The van der Waals surface area contributed by atoms with Gasteiger partial charge in [-0.3, -0.25) is 4.31 Å². The molecule has 2 aromatic rings. The van der Waals surface area contributed by atoms with Gasteiger partial charge >= 0.3 is 0 Å². The molecule has 1 saturated heterocycles. The highest BCUT2D eigenvalue weighted by Crippen LogP contribution is 2.29. The number of rotatable bonds is 8. The van der Waals surface area contributed by atoms with Gasteiger partial charge in [0.1, 0.15) is 0 Å². The van der Waals surface area contributed by atoms with Crippen molar-refractivity contribution in [2.24, 2.45) is 5.92 Å². The smallest absolute Gasteiger partial charge is 0.264 e. The van der Waals surface area contributed by atoms with E-state index in [1.54, 1.807) is 24.3 Å². The Morgan fingerprint density at radius 3 is 2.25 bits per heavy atom. The molecule has 1 atom stereocenters. The maximum absolute atomic E-state index is 13.6. The van der Waals surface area contributed by atoms with Crippen LogP contribution in [-0.4, -0.2) is 55.8 Å². The molecule has 3 rings (SSSR count). The van der Waals surface area contributed by atoms with Gasteiger partial charge in [0, 0.05) is 26.2 Å². The van der Waals surface area contributed by atoms with E-state index in [0.29, 0.717) is 37.2 Å². The maximum Gasteiger partial charge on any atom is 0.264 e. The van der Waals surface area contributed by atoms with Crippen LogP contribution in [0.4, 0.5) is 5.69 Å². The number of aryl methyl sites for hydroxylation is 2. The van der Waals surface area contributed by atoms with Gasteiger partial charge < -0.3 is 15.1 Å². The predicted octanol–water partition coefficient (Wildman–Crippen LogP) is 3.64. The highest BCUT2D eigenvalue weighted by Gasteiger charge is 2.27. The summed E-state index contributed by atoms with van der Waals surface area (Å²) in [6.07, 6.45) is 0.481. The van der Waals surface area contributed by atoms with Crippen LogP contribution in [0.2, 0.25) is 0 Å². The fourth-order valence-corrected chi connectivity index (χ4v) is 5.88. The Bertz CT molecular complexity index is 997. The second kappa shape index (κ2) is 10.3. The number of nitrogens with zero attached hydrogens (tertiary/aromatic N) is 2. The molecule has 32 heavy (non-hydrogen) atoms. The van der Waals surface area contributed by atoms with E-state index < -0.39 is 16.1 Å². The zero-order chi connectivity index (χ0) is 23.5. The first kappa shape index (κ1) is 24.7. The summed E-state index contributed by atoms with van der Waals surface area (Å²) in [6, 6.07) is 12.4. The Hall–Kier alpha value is -1.93. The van der Waals surface area contributed by atoms with Gasteiger partial charge in [-0.15, -0.1) is 0 Å². The van der Waals surface area contributed by atoms with E-state index in [2.05, 4.69) is 4.90 Å². The summed E-state index contributed by atoms with van der Waals surface area (Å²) >= 11 is 0. The van der Waals surface area contributed by atoms with Crippen LogP contribution in [-0.2, 0) is 10.0 Å². The molecule has 0 radical (unpaired) electrons. The highest BCUT2D eigenvalue weighted by atomic mass is 32.2. The fraction of sp³-hybridized carbons (Fsp3) is 0.520. The lowest BCUT2D eigenvalue weighted by atomic mass is 10.1. The normalized spacial score (nSPS) is 17.0. The summed E-state index contributed by atoms with van der Waals surface area (Å²) in [5, 5.41) is 20.3. The van der Waals surface area contributed by atoms with Gasteiger partial charge in [-0.2, -0.15) is 0 Å². The Labute approximate surface area is 192 Å². The van der Waals surface area contributed by atoms with Crippen LogP contribution in [0, 0.1) is 19.8 Å². The highest BCUT2D eigenvalue weighted by molar-refractivity contribution is 7.92. The molecule has 0 aliphatic carbocycles. The molecule has 2 N–H and O–H groups in total. The van der Waals surface area contributed by atoms with Crippen molar-refractivity contribution in [2.45, 2.75) is 57.6 Å². The molecule has 0 spiro atoms. The summed E-state index contributed by atoms with van der Waals surface area (Å²) in [5.74, 6) is 0.162. The monoisotopic (exact) mass is 460 g/mol. The molecule has 0 bridgehead atoms. The van der Waals surface area contributed by atoms with Crippen LogP contribution in [0.15, 0.2) is 47.4 Å². The van der Waals surface area contributed by atoms with Gasteiger partial charge in [0.15, 0.2) is 0 Å². The minimum absolute atomic E-state index is 0.162. The van der Waals surface area contributed by atoms with Crippen molar-refractivity contribution in [1.29, 1.82) is 0 Å². The largest absolute Gasteiger partial charge is 0.393 e. The summed E-state index contributed by atoms with van der Waals surface area (Å²) < 4.78 is 28.6. The third-order valence-corrected chi connectivity index (χ3v) is 7.79. The van der Waals surface area contributed by atoms with E-state index >= 15 is 0 Å². The van der Waals surface area contributed by atoms with Gasteiger partial charge in [0.05, 0.1) is 22.8 Å². The Kier molecular flexibility index (Phi) is 7.98. The summed E-state index contributed by atoms with van der Waals surface area (Å²) in [6.45, 7) is 10.3. The first-order chi connectivity index (χ1) is 15.1. The third-order valence-electron chi connectivity index (χ3n) is 5.99. The lowest BCUT2D eigenvalue weighted by Gasteiger charge is -2.31. The summed E-state index contributed by atoms with van der Waals surface area (Å²) in [5.41, 5.74) is 3.40. The minimum atomic E-state index is -3.75. The number of sulfonamides is 1. The molecule has 1 aliphatic heterocycles. The first-order valence-electron chi connectivity index (χ1n) is 11.4. The van der Waals surface area contributed by atoms with E-state index in [-0.39, 0.29) is 16.9 Å². The number of hydrogen-bond acceptors (Lipinski definition) is 5. The van der Waals surface area contributed by atoms with Gasteiger partial charge in [-0.25, -0.2) is 8.42 Å². The molecule has 1 fully saturated rings. The second-order valence-electron chi connectivity index (χ2n) is 9.34. The van der Waals surface area contributed by atoms with Crippen molar-refractivity contribution in [2.75, 3.05) is 30.5 Å². The number of aliphatic hydroxyl groups excluding tert-OH is 2. The Morgan fingerprint density at radius 2 is 1.69 bits per heavy atom. The lowest BCUT2D eigenvalue weighted by Crippen LogP contribution is -2.38. The van der Waals surface area contributed by atoms with Gasteiger partial charge in [-0.05, 0) is 61.9 Å². The molecule has 0 saturated carbocycles. The number of likely N-dealkylation sites (tertiary alicyclic amines) is 1. The fourth-order valence-electron chi connectivity index (χ4n) is 4.18. The van der Waals surface area contributed by atoms with E-state index in [1.165, 1.54) is 4.31 Å². The van der Waals surface area contributed by atoms with E-state index in [9.17, 15) is 18.6 Å². The second-order valence-corrected chi connectivity index (χ2v) is 11.2. The first-order valence-corrected chi connectivity index (χ1v) is 12.8. The van der Waals surface area contributed by atoms with Crippen LogP contribution in [0.5, 0.6) is 0 Å². The molecular formula is C25H36N2O4S. The van der Waals surface area contributed by atoms with Gasteiger partial charge in [0.25, 0.3) is 10.0 Å².